The molecule has 1 heterocycles. The van der Waals surface area contributed by atoms with Crippen LogP contribution >= 0.6 is 0 Å². The molecule has 7 heteroatoms. The first kappa shape index (κ1) is 17.2. The number of rotatable bonds is 3. The van der Waals surface area contributed by atoms with Crippen LogP contribution in [-0.4, -0.2) is 21.5 Å². The molecule has 1 aromatic heterocycles. The Hall–Kier alpha value is -3.61. The van der Waals surface area contributed by atoms with Gasteiger partial charge in [0.05, 0.1) is 5.52 Å². The molecule has 3 rings (SSSR count). The van der Waals surface area contributed by atoms with Crippen molar-refractivity contribution in [3.63, 3.8) is 0 Å². The highest BCUT2D eigenvalue weighted by Crippen LogP contribution is 2.26. The van der Waals surface area contributed by atoms with E-state index in [1.54, 1.807) is 55.6 Å². The number of benzene rings is 2. The molecule has 0 bridgehead atoms. The van der Waals surface area contributed by atoms with E-state index in [-0.39, 0.29) is 17.2 Å². The number of aromatic nitrogens is 1. The van der Waals surface area contributed by atoms with E-state index in [2.05, 4.69) is 10.6 Å². The zero-order valence-corrected chi connectivity index (χ0v) is 14.2. The lowest BCUT2D eigenvalue weighted by Gasteiger charge is -2.12. The highest BCUT2D eigenvalue weighted by atomic mass is 16.3. The van der Waals surface area contributed by atoms with Gasteiger partial charge >= 0.3 is 0 Å². The van der Waals surface area contributed by atoms with Crippen molar-refractivity contribution in [1.29, 1.82) is 0 Å². The third-order valence-electron chi connectivity index (χ3n) is 3.97. The van der Waals surface area contributed by atoms with Crippen LogP contribution in [0.15, 0.2) is 53.3 Å². The SMILES string of the molecule is CC(=O)Nc1ccc(NC(=O)c2c(O)c3ccccc3n(C)c2=O)cc1. The molecule has 132 valence electrons. The van der Waals surface area contributed by atoms with Gasteiger partial charge in [0.1, 0.15) is 11.3 Å². The van der Waals surface area contributed by atoms with Crippen molar-refractivity contribution in [2.24, 2.45) is 7.05 Å². The number of hydrogen-bond acceptors (Lipinski definition) is 4. The lowest BCUT2D eigenvalue weighted by molar-refractivity contribution is -0.114. The number of carbonyl (C=O) groups is 2. The molecule has 3 aromatic rings. The number of fused-ring (bicyclic) bond motifs is 1. The normalized spacial score (nSPS) is 10.5. The molecule has 26 heavy (non-hydrogen) atoms. The van der Waals surface area contributed by atoms with Crippen molar-refractivity contribution in [2.75, 3.05) is 10.6 Å². The van der Waals surface area contributed by atoms with Gasteiger partial charge in [0.25, 0.3) is 11.5 Å². The van der Waals surface area contributed by atoms with E-state index in [4.69, 9.17) is 0 Å². The van der Waals surface area contributed by atoms with Gasteiger partial charge in [-0.15, -0.1) is 0 Å². The van der Waals surface area contributed by atoms with Gasteiger partial charge in [-0.25, -0.2) is 0 Å². The van der Waals surface area contributed by atoms with Crippen LogP contribution in [-0.2, 0) is 11.8 Å². The molecule has 3 N–H and O–H groups in total. The number of amides is 2. The lowest BCUT2D eigenvalue weighted by atomic mass is 10.1. The van der Waals surface area contributed by atoms with Crippen molar-refractivity contribution in [1.82, 2.24) is 4.57 Å². The van der Waals surface area contributed by atoms with Crippen LogP contribution in [0.3, 0.4) is 0 Å². The van der Waals surface area contributed by atoms with Gasteiger partial charge in [0, 0.05) is 30.7 Å². The summed E-state index contributed by atoms with van der Waals surface area (Å²) >= 11 is 0. The van der Waals surface area contributed by atoms with E-state index < -0.39 is 11.5 Å². The molecule has 2 aromatic carbocycles. The van der Waals surface area contributed by atoms with E-state index in [1.165, 1.54) is 11.5 Å². The van der Waals surface area contributed by atoms with Crippen LogP contribution in [0.2, 0.25) is 0 Å². The summed E-state index contributed by atoms with van der Waals surface area (Å²) in [4.78, 5) is 36.1. The Bertz CT molecular complexity index is 1070. The molecule has 0 saturated carbocycles. The summed E-state index contributed by atoms with van der Waals surface area (Å²) in [7, 11) is 1.54. The van der Waals surface area contributed by atoms with Gasteiger partial charge in [-0.2, -0.15) is 0 Å². The summed E-state index contributed by atoms with van der Waals surface area (Å²) in [5, 5.41) is 16.0. The van der Waals surface area contributed by atoms with Gasteiger partial charge < -0.3 is 20.3 Å². The summed E-state index contributed by atoms with van der Waals surface area (Å²) in [5.74, 6) is -1.26. The monoisotopic (exact) mass is 351 g/mol. The number of aromatic hydroxyl groups is 1. The van der Waals surface area contributed by atoms with E-state index in [0.29, 0.717) is 22.3 Å². The standard InChI is InChI=1S/C19H17N3O4/c1-11(23)20-12-7-9-13(10-8-12)21-18(25)16-17(24)14-5-3-4-6-15(14)22(2)19(16)26/h3-10,24H,1-2H3,(H,20,23)(H,21,25). The predicted molar refractivity (Wildman–Crippen MR) is 99.6 cm³/mol. The molecular weight excluding hydrogens is 334 g/mol. The van der Waals surface area contributed by atoms with Gasteiger partial charge in [-0.1, -0.05) is 12.1 Å². The van der Waals surface area contributed by atoms with Crippen molar-refractivity contribution < 1.29 is 14.7 Å². The molecule has 0 fully saturated rings. The molecule has 0 radical (unpaired) electrons. The molecule has 2 amide bonds. The number of nitrogens with one attached hydrogen (secondary N) is 2. The Morgan fingerprint density at radius 2 is 1.54 bits per heavy atom. The second-order valence-corrected chi connectivity index (χ2v) is 5.82. The second kappa shape index (κ2) is 6.72. The van der Waals surface area contributed by atoms with Crippen molar-refractivity contribution in [2.45, 2.75) is 6.92 Å². The van der Waals surface area contributed by atoms with Crippen LogP contribution in [0.4, 0.5) is 11.4 Å². The molecule has 0 aliphatic heterocycles. The van der Waals surface area contributed by atoms with E-state index in [9.17, 15) is 19.5 Å². The van der Waals surface area contributed by atoms with Crippen LogP contribution in [0.5, 0.6) is 5.75 Å². The third kappa shape index (κ3) is 3.14. The molecule has 7 nitrogen and oxygen atoms in total. The fraction of sp³-hybridized carbons (Fsp3) is 0.105. The fourth-order valence-electron chi connectivity index (χ4n) is 2.72. The number of pyridine rings is 1. The minimum Gasteiger partial charge on any atom is -0.506 e. The maximum absolute atomic E-state index is 12.6. The smallest absolute Gasteiger partial charge is 0.267 e. The van der Waals surface area contributed by atoms with Gasteiger partial charge in [0.15, 0.2) is 0 Å². The highest BCUT2D eigenvalue weighted by Gasteiger charge is 2.21. The molecule has 0 saturated heterocycles. The number of carbonyl (C=O) groups excluding carboxylic acids is 2. The number of aryl methyl sites for hydroxylation is 1. The maximum Gasteiger partial charge on any atom is 0.267 e. The number of anilines is 2. The first-order valence-electron chi connectivity index (χ1n) is 7.88. The van der Waals surface area contributed by atoms with Gasteiger partial charge in [-0.05, 0) is 36.4 Å². The highest BCUT2D eigenvalue weighted by molar-refractivity contribution is 6.09. The Morgan fingerprint density at radius 3 is 2.15 bits per heavy atom. The minimum atomic E-state index is -0.707. The van der Waals surface area contributed by atoms with E-state index in [0.717, 1.165) is 0 Å². The Balaban J connectivity index is 1.95. The van der Waals surface area contributed by atoms with E-state index >= 15 is 0 Å². The van der Waals surface area contributed by atoms with Crippen LogP contribution in [0.25, 0.3) is 10.9 Å². The Labute approximate surface area is 148 Å². The lowest BCUT2D eigenvalue weighted by Crippen LogP contribution is -2.28. The maximum atomic E-state index is 12.6. The molecular formula is C19H17N3O4. The Kier molecular flexibility index (Phi) is 4.45. The zero-order valence-electron chi connectivity index (χ0n) is 14.2. The number of para-hydroxylation sites is 1. The van der Waals surface area contributed by atoms with Crippen molar-refractivity contribution >= 4 is 34.1 Å². The summed E-state index contributed by atoms with van der Waals surface area (Å²) < 4.78 is 1.32. The summed E-state index contributed by atoms with van der Waals surface area (Å²) in [5.41, 5.74) is 0.635. The van der Waals surface area contributed by atoms with Gasteiger partial charge in [-0.3, -0.25) is 14.4 Å². The van der Waals surface area contributed by atoms with E-state index in [1.807, 2.05) is 0 Å². The Morgan fingerprint density at radius 1 is 0.962 bits per heavy atom. The summed E-state index contributed by atoms with van der Waals surface area (Å²) in [6.45, 7) is 1.40. The van der Waals surface area contributed by atoms with Crippen molar-refractivity contribution in [3.05, 3.63) is 64.4 Å². The topological polar surface area (TPSA) is 100 Å². The second-order valence-electron chi connectivity index (χ2n) is 5.82. The average molecular weight is 351 g/mol. The fourth-order valence-corrected chi connectivity index (χ4v) is 2.72. The van der Waals surface area contributed by atoms with Crippen LogP contribution < -0.4 is 16.2 Å². The molecule has 0 unspecified atom stereocenters. The first-order valence-corrected chi connectivity index (χ1v) is 7.88. The predicted octanol–water partition coefficient (Wildman–Crippen LogP) is 2.45. The zero-order chi connectivity index (χ0) is 18.8. The van der Waals surface area contributed by atoms with Crippen LogP contribution in [0.1, 0.15) is 17.3 Å². The number of hydrogen-bond donors (Lipinski definition) is 3. The van der Waals surface area contributed by atoms with Crippen LogP contribution in [0, 0.1) is 0 Å². The third-order valence-corrected chi connectivity index (χ3v) is 3.97. The molecule has 0 aliphatic rings. The first-order chi connectivity index (χ1) is 12.4. The quantitative estimate of drug-likeness (QED) is 0.675. The minimum absolute atomic E-state index is 0.202. The van der Waals surface area contributed by atoms with Crippen molar-refractivity contribution in [3.8, 4) is 5.75 Å². The summed E-state index contributed by atoms with van der Waals surface area (Å²) in [6.07, 6.45) is 0. The number of nitrogens with zero attached hydrogens (tertiary/aromatic N) is 1. The molecule has 0 atom stereocenters. The largest absolute Gasteiger partial charge is 0.506 e. The molecule has 0 aliphatic carbocycles. The van der Waals surface area contributed by atoms with Gasteiger partial charge in [0.2, 0.25) is 5.91 Å². The molecule has 0 spiro atoms. The summed E-state index contributed by atoms with van der Waals surface area (Å²) in [6, 6.07) is 13.2. The average Bonchev–Trinajstić information content (AvgIpc) is 2.61.